The van der Waals surface area contributed by atoms with Crippen LogP contribution in [0.3, 0.4) is 0 Å². The molecule has 0 spiro atoms. The fourth-order valence-electron chi connectivity index (χ4n) is 3.05. The molecule has 0 aromatic carbocycles. The topological polar surface area (TPSA) is 9.23 Å². The zero-order valence-electron chi connectivity index (χ0n) is 19.0. The molecule has 1 nitrogen and oxygen atoms in total. The number of hydrogen-bond donors (Lipinski definition) is 0. The Morgan fingerprint density at radius 1 is 1.08 bits per heavy atom. The van der Waals surface area contributed by atoms with Crippen molar-refractivity contribution >= 4 is 22.3 Å². The van der Waals surface area contributed by atoms with E-state index in [0.29, 0.717) is 5.92 Å². The summed E-state index contributed by atoms with van der Waals surface area (Å²) in [5, 5.41) is -0.0381. The van der Waals surface area contributed by atoms with Crippen molar-refractivity contribution in [2.75, 3.05) is 0 Å². The predicted molar refractivity (Wildman–Crippen MR) is 119 cm³/mol. The molecule has 0 radical (unpaired) electrons. The Kier molecular flexibility index (Phi) is 15.9. The maximum absolute atomic E-state index is 6.64. The predicted octanol–water partition coefficient (Wildman–Crippen LogP) is 4.93. The molecule has 146 valence electrons. The van der Waals surface area contributed by atoms with Crippen LogP contribution in [0, 0.1) is 17.7 Å². The summed E-state index contributed by atoms with van der Waals surface area (Å²) < 4.78 is 7.80. The molecule has 0 fully saturated rings. The molecule has 26 heavy (non-hydrogen) atoms. The zero-order chi connectivity index (χ0) is 19.5. The van der Waals surface area contributed by atoms with Gasteiger partial charge in [-0.05, 0) is 26.7 Å². The number of allylic oxidation sites excluding steroid dienone is 1. The van der Waals surface area contributed by atoms with Gasteiger partial charge in [0.1, 0.15) is 0 Å². The monoisotopic (exact) mass is 418 g/mol. The van der Waals surface area contributed by atoms with Crippen LogP contribution in [0.15, 0.2) is 10.5 Å². The quantitative estimate of drug-likeness (QED) is 0.262. The van der Waals surface area contributed by atoms with Crippen molar-refractivity contribution in [1.82, 2.24) is 0 Å². The Morgan fingerprint density at radius 2 is 1.65 bits per heavy atom. The summed E-state index contributed by atoms with van der Waals surface area (Å²) in [6.07, 6.45) is 9.15. The molecule has 4 heteroatoms. The first-order valence-corrected chi connectivity index (χ1v) is 11.1. The molecule has 0 rings (SSSR count). The fraction of sp³-hybridized carbons (Fsp3) is 0.818. The van der Waals surface area contributed by atoms with Crippen molar-refractivity contribution in [3.8, 4) is 11.7 Å². The summed E-state index contributed by atoms with van der Waals surface area (Å²) in [6, 6.07) is 0. The Labute approximate surface area is 185 Å². The molecule has 0 heterocycles. The van der Waals surface area contributed by atoms with E-state index in [1.54, 1.807) is 0 Å². The van der Waals surface area contributed by atoms with Gasteiger partial charge in [-0.15, -0.1) is 21.7 Å². The zero-order valence-corrected chi connectivity index (χ0v) is 20.6. The summed E-state index contributed by atoms with van der Waals surface area (Å²) in [4.78, 5) is 0. The first-order valence-electron chi connectivity index (χ1n) is 10.3. The van der Waals surface area contributed by atoms with Crippen LogP contribution in [0.4, 0.5) is 0 Å². The molecule has 0 bridgehead atoms. The smallest absolute Gasteiger partial charge is 0.574 e. The van der Waals surface area contributed by atoms with Crippen LogP contribution >= 0.6 is 15.9 Å². The largest absolute Gasteiger partial charge is 1.00 e. The van der Waals surface area contributed by atoms with E-state index in [-0.39, 0.29) is 30.3 Å². The fourth-order valence-corrected chi connectivity index (χ4v) is 4.09. The van der Waals surface area contributed by atoms with Crippen LogP contribution < -0.4 is 18.9 Å². The summed E-state index contributed by atoms with van der Waals surface area (Å²) in [6.45, 7) is 17.9. The SMILES string of the molecule is CCCC/C=C(\Br)[B-](C#CCCCCC)(OC(C)C)C(C)(C)C(C)C.[Li+]. The van der Waals surface area contributed by atoms with Crippen molar-refractivity contribution < 1.29 is 23.5 Å². The molecule has 0 amide bonds. The molecule has 0 N–H and O–H groups in total. The maximum atomic E-state index is 6.64. The van der Waals surface area contributed by atoms with Crippen molar-refractivity contribution in [2.45, 2.75) is 112 Å². The van der Waals surface area contributed by atoms with Gasteiger partial charge in [0.15, 0.2) is 0 Å². The number of halogens is 1. The molecule has 0 aliphatic rings. The van der Waals surface area contributed by atoms with E-state index in [9.17, 15) is 0 Å². The number of unbranched alkanes of at least 4 members (excludes halogenated alkanes) is 5. The van der Waals surface area contributed by atoms with E-state index >= 15 is 0 Å². The van der Waals surface area contributed by atoms with Crippen molar-refractivity contribution in [3.63, 3.8) is 0 Å². The van der Waals surface area contributed by atoms with Crippen LogP contribution in [0.2, 0.25) is 5.31 Å². The minimum Gasteiger partial charge on any atom is -0.574 e. The van der Waals surface area contributed by atoms with Gasteiger partial charge in [0.05, 0.1) is 0 Å². The second kappa shape index (κ2) is 14.4. The van der Waals surface area contributed by atoms with Crippen LogP contribution in [0.25, 0.3) is 0 Å². The van der Waals surface area contributed by atoms with E-state index in [0.717, 1.165) is 17.2 Å². The molecule has 1 atom stereocenters. The van der Waals surface area contributed by atoms with E-state index in [1.807, 2.05) is 0 Å². The van der Waals surface area contributed by atoms with Crippen LogP contribution in [-0.4, -0.2) is 12.5 Å². The van der Waals surface area contributed by atoms with Gasteiger partial charge in [0.25, 0.3) is 0 Å². The third-order valence-electron chi connectivity index (χ3n) is 5.51. The van der Waals surface area contributed by atoms with E-state index in [2.05, 4.69) is 89.1 Å². The molecular formula is C22H41BBrLiO. The van der Waals surface area contributed by atoms with Gasteiger partial charge in [0.2, 0.25) is 6.35 Å². The first-order chi connectivity index (χ1) is 11.7. The molecule has 0 aromatic rings. The van der Waals surface area contributed by atoms with E-state index < -0.39 is 6.35 Å². The first kappa shape index (κ1) is 28.6. The maximum Gasteiger partial charge on any atom is 1.00 e. The molecule has 0 aromatic heterocycles. The Morgan fingerprint density at radius 3 is 2.12 bits per heavy atom. The van der Waals surface area contributed by atoms with Gasteiger partial charge >= 0.3 is 18.9 Å². The number of rotatable bonds is 11. The van der Waals surface area contributed by atoms with Gasteiger partial charge in [-0.2, -0.15) is 0 Å². The second-order valence-corrected chi connectivity index (χ2v) is 9.37. The second-order valence-electron chi connectivity index (χ2n) is 8.46. The molecule has 0 aliphatic carbocycles. The Bertz CT molecular complexity index is 462. The van der Waals surface area contributed by atoms with Crippen molar-refractivity contribution in [3.05, 3.63) is 10.5 Å². The van der Waals surface area contributed by atoms with Crippen molar-refractivity contribution in [1.29, 1.82) is 0 Å². The standard InChI is InChI=1S/C22H41BBrO.Li/c1-9-11-13-14-16-18-23(25-20(5)6,22(7,8)19(3)4)21(24)17-15-12-10-2;/h17,19-20H,9-15H2,1-8H3;/q-1;+1/b21-17-;. The van der Waals surface area contributed by atoms with Crippen LogP contribution in [0.1, 0.15) is 100 Å². The van der Waals surface area contributed by atoms with Crippen molar-refractivity contribution in [2.24, 2.45) is 5.92 Å². The normalized spacial score (nSPS) is 14.7. The summed E-state index contributed by atoms with van der Waals surface area (Å²) >= 11 is 3.91. The van der Waals surface area contributed by atoms with Gasteiger partial charge in [0, 0.05) is 12.5 Å². The third-order valence-corrected chi connectivity index (χ3v) is 6.48. The van der Waals surface area contributed by atoms with E-state index in [4.69, 9.17) is 4.65 Å². The molecule has 0 saturated carbocycles. The minimum atomic E-state index is -1.42. The third kappa shape index (κ3) is 8.61. The molecule has 0 aliphatic heterocycles. The van der Waals surface area contributed by atoms with Gasteiger partial charge < -0.3 is 4.65 Å². The Hall–Kier alpha value is 0.402. The molecular weight excluding hydrogens is 378 g/mol. The van der Waals surface area contributed by atoms with Gasteiger partial charge in [-0.3, -0.25) is 5.82 Å². The Balaban J connectivity index is 0. The number of hydrogen-bond acceptors (Lipinski definition) is 1. The minimum absolute atomic E-state index is 0. The van der Waals surface area contributed by atoms with Gasteiger partial charge in [-0.25, -0.2) is 0 Å². The molecule has 0 saturated heterocycles. The summed E-state index contributed by atoms with van der Waals surface area (Å²) in [5.41, 5.74) is 0. The average molecular weight is 419 g/mol. The van der Waals surface area contributed by atoms with Crippen LogP contribution in [0.5, 0.6) is 0 Å². The van der Waals surface area contributed by atoms with Gasteiger partial charge in [-0.1, -0.05) is 89.1 Å². The summed E-state index contributed by atoms with van der Waals surface area (Å²) in [7, 11) is 0. The van der Waals surface area contributed by atoms with Crippen LogP contribution in [-0.2, 0) is 4.65 Å². The average Bonchev–Trinajstić information content (AvgIpc) is 2.52. The van der Waals surface area contributed by atoms with E-state index in [1.165, 1.54) is 32.1 Å². The molecule has 1 unspecified atom stereocenters. The summed E-state index contributed by atoms with van der Waals surface area (Å²) in [5.74, 6) is 7.60.